The summed E-state index contributed by atoms with van der Waals surface area (Å²) in [4.78, 5) is 2.96. The van der Waals surface area contributed by atoms with Crippen LogP contribution in [0.3, 0.4) is 0 Å². The molecule has 0 bridgehead atoms. The van der Waals surface area contributed by atoms with E-state index in [0.29, 0.717) is 4.34 Å². The van der Waals surface area contributed by atoms with Crippen LogP contribution in [0, 0.1) is 11.6 Å². The first-order valence-electron chi connectivity index (χ1n) is 6.81. The maximum Gasteiger partial charge on any atom is 0.131 e. The van der Waals surface area contributed by atoms with E-state index in [4.69, 9.17) is 11.6 Å². The molecule has 0 unspecified atom stereocenters. The van der Waals surface area contributed by atoms with Crippen molar-refractivity contribution in [2.45, 2.75) is 6.04 Å². The molecule has 3 rings (SSSR count). The second-order valence-electron chi connectivity index (χ2n) is 4.97. The number of nitrogens with zero attached hydrogens (tertiary/aromatic N) is 1. The Morgan fingerprint density at radius 2 is 1.76 bits per heavy atom. The molecule has 2 heterocycles. The van der Waals surface area contributed by atoms with Crippen LogP contribution in [0.2, 0.25) is 4.34 Å². The van der Waals surface area contributed by atoms with Crippen LogP contribution in [0.15, 0.2) is 30.3 Å². The molecule has 0 aliphatic carbocycles. The van der Waals surface area contributed by atoms with E-state index in [9.17, 15) is 8.78 Å². The van der Waals surface area contributed by atoms with Gasteiger partial charge in [0.05, 0.1) is 10.4 Å². The van der Waals surface area contributed by atoms with Crippen molar-refractivity contribution in [3.63, 3.8) is 0 Å². The van der Waals surface area contributed by atoms with Crippen LogP contribution in [0.25, 0.3) is 0 Å². The predicted molar refractivity (Wildman–Crippen MR) is 82.0 cm³/mol. The number of thiophene rings is 1. The molecule has 0 saturated carbocycles. The standard InChI is InChI=1S/C15H15ClF2N2S/c16-13-5-4-12(21-13)15(20-8-6-19-7-9-20)14-10(17)2-1-3-11(14)18/h1-5,15,19H,6-9H2/t15-/m1/s1. The quantitative estimate of drug-likeness (QED) is 0.924. The van der Waals surface area contributed by atoms with Crippen molar-refractivity contribution >= 4 is 22.9 Å². The summed E-state index contributed by atoms with van der Waals surface area (Å²) in [6.07, 6.45) is 0. The molecule has 1 aliphatic rings. The lowest BCUT2D eigenvalue weighted by Gasteiger charge is -2.35. The van der Waals surface area contributed by atoms with Crippen LogP contribution in [-0.4, -0.2) is 31.1 Å². The summed E-state index contributed by atoms with van der Waals surface area (Å²) in [6.45, 7) is 3.11. The molecule has 1 aliphatic heterocycles. The largest absolute Gasteiger partial charge is 0.314 e. The van der Waals surface area contributed by atoms with Crippen LogP contribution < -0.4 is 5.32 Å². The fourth-order valence-electron chi connectivity index (χ4n) is 2.69. The molecule has 6 heteroatoms. The summed E-state index contributed by atoms with van der Waals surface area (Å²) < 4.78 is 29.1. The summed E-state index contributed by atoms with van der Waals surface area (Å²) in [5, 5.41) is 3.26. The zero-order valence-corrected chi connectivity index (χ0v) is 12.9. The smallest absolute Gasteiger partial charge is 0.131 e. The lowest BCUT2D eigenvalue weighted by Crippen LogP contribution is -2.45. The van der Waals surface area contributed by atoms with Gasteiger partial charge in [-0.05, 0) is 24.3 Å². The number of nitrogens with one attached hydrogen (secondary N) is 1. The zero-order chi connectivity index (χ0) is 14.8. The van der Waals surface area contributed by atoms with Gasteiger partial charge in [-0.3, -0.25) is 4.90 Å². The van der Waals surface area contributed by atoms with E-state index >= 15 is 0 Å². The molecular weight excluding hydrogens is 314 g/mol. The molecule has 1 fully saturated rings. The minimum absolute atomic E-state index is 0.109. The molecule has 0 spiro atoms. The van der Waals surface area contributed by atoms with Crippen molar-refractivity contribution in [3.05, 3.63) is 56.7 Å². The normalized spacial score (nSPS) is 17.9. The van der Waals surface area contributed by atoms with Gasteiger partial charge in [0, 0.05) is 36.6 Å². The SMILES string of the molecule is Fc1cccc(F)c1[C@@H](c1ccc(Cl)s1)N1CCNCC1. The number of hydrogen-bond acceptors (Lipinski definition) is 3. The number of halogens is 3. The lowest BCUT2D eigenvalue weighted by molar-refractivity contribution is 0.194. The third kappa shape index (κ3) is 3.11. The van der Waals surface area contributed by atoms with Gasteiger partial charge in [0.15, 0.2) is 0 Å². The second-order valence-corrected chi connectivity index (χ2v) is 6.71. The van der Waals surface area contributed by atoms with Gasteiger partial charge in [-0.25, -0.2) is 8.78 Å². The van der Waals surface area contributed by atoms with Crippen LogP contribution >= 0.6 is 22.9 Å². The highest BCUT2D eigenvalue weighted by molar-refractivity contribution is 7.16. The number of hydrogen-bond donors (Lipinski definition) is 1. The Hall–Kier alpha value is -1.01. The van der Waals surface area contributed by atoms with E-state index in [0.717, 1.165) is 31.1 Å². The van der Waals surface area contributed by atoms with Crippen molar-refractivity contribution in [1.29, 1.82) is 0 Å². The van der Waals surface area contributed by atoms with Gasteiger partial charge < -0.3 is 5.32 Å². The average Bonchev–Trinajstić information content (AvgIpc) is 2.90. The highest BCUT2D eigenvalue weighted by atomic mass is 35.5. The minimum atomic E-state index is -0.511. The Labute approximate surface area is 131 Å². The first kappa shape index (κ1) is 14.9. The topological polar surface area (TPSA) is 15.3 Å². The zero-order valence-electron chi connectivity index (χ0n) is 11.3. The summed E-state index contributed by atoms with van der Waals surface area (Å²) in [5.74, 6) is -1.02. The molecule has 1 saturated heterocycles. The van der Waals surface area contributed by atoms with Crippen molar-refractivity contribution < 1.29 is 8.78 Å². The molecule has 0 radical (unpaired) electrons. The number of rotatable bonds is 3. The van der Waals surface area contributed by atoms with Crippen molar-refractivity contribution in [2.75, 3.05) is 26.2 Å². The van der Waals surface area contributed by atoms with Crippen molar-refractivity contribution in [3.8, 4) is 0 Å². The molecule has 2 aromatic rings. The van der Waals surface area contributed by atoms with Crippen LogP contribution in [-0.2, 0) is 0 Å². The van der Waals surface area contributed by atoms with E-state index in [1.807, 2.05) is 6.07 Å². The highest BCUT2D eigenvalue weighted by Crippen LogP contribution is 2.37. The Morgan fingerprint density at radius 1 is 1.10 bits per heavy atom. The Balaban J connectivity index is 2.07. The first-order chi connectivity index (χ1) is 10.2. The number of piperazine rings is 1. The maximum atomic E-state index is 14.2. The van der Waals surface area contributed by atoms with E-state index in [-0.39, 0.29) is 5.56 Å². The third-order valence-electron chi connectivity index (χ3n) is 3.65. The van der Waals surface area contributed by atoms with Gasteiger partial charge >= 0.3 is 0 Å². The maximum absolute atomic E-state index is 14.2. The highest BCUT2D eigenvalue weighted by Gasteiger charge is 2.29. The molecule has 2 nitrogen and oxygen atoms in total. The summed E-state index contributed by atoms with van der Waals surface area (Å²) >= 11 is 7.38. The third-order valence-corrected chi connectivity index (χ3v) is 4.94. The molecule has 1 N–H and O–H groups in total. The molecule has 1 aromatic carbocycles. The fourth-order valence-corrected chi connectivity index (χ4v) is 3.90. The Kier molecular flexibility index (Phi) is 4.54. The Bertz CT molecular complexity index is 606. The molecular formula is C15H15ClF2N2S. The second kappa shape index (κ2) is 6.40. The summed E-state index contributed by atoms with van der Waals surface area (Å²) in [7, 11) is 0. The van der Waals surface area contributed by atoms with Crippen LogP contribution in [0.5, 0.6) is 0 Å². The van der Waals surface area contributed by atoms with E-state index in [1.54, 1.807) is 6.07 Å². The van der Waals surface area contributed by atoms with Crippen LogP contribution in [0.4, 0.5) is 8.78 Å². The molecule has 21 heavy (non-hydrogen) atoms. The van der Waals surface area contributed by atoms with E-state index in [1.165, 1.54) is 29.5 Å². The van der Waals surface area contributed by atoms with Gasteiger partial charge in [-0.1, -0.05) is 17.7 Å². The minimum Gasteiger partial charge on any atom is -0.314 e. The van der Waals surface area contributed by atoms with Gasteiger partial charge in [-0.2, -0.15) is 0 Å². The van der Waals surface area contributed by atoms with Gasteiger partial charge in [-0.15, -0.1) is 11.3 Å². The molecule has 0 amide bonds. The molecule has 112 valence electrons. The van der Waals surface area contributed by atoms with Crippen molar-refractivity contribution in [2.24, 2.45) is 0 Å². The monoisotopic (exact) mass is 328 g/mol. The first-order valence-corrected chi connectivity index (χ1v) is 8.00. The summed E-state index contributed by atoms with van der Waals surface area (Å²) in [6, 6.07) is 7.21. The predicted octanol–water partition coefficient (Wildman–Crippen LogP) is 3.67. The average molecular weight is 329 g/mol. The summed E-state index contributed by atoms with van der Waals surface area (Å²) in [5.41, 5.74) is 0.109. The van der Waals surface area contributed by atoms with Gasteiger partial charge in [0.25, 0.3) is 0 Å². The van der Waals surface area contributed by atoms with Crippen LogP contribution in [0.1, 0.15) is 16.5 Å². The molecule has 1 atom stereocenters. The Morgan fingerprint density at radius 3 is 2.33 bits per heavy atom. The van der Waals surface area contributed by atoms with E-state index in [2.05, 4.69) is 10.2 Å². The molecule has 1 aromatic heterocycles. The fraction of sp³-hybridized carbons (Fsp3) is 0.333. The van der Waals surface area contributed by atoms with Gasteiger partial charge in [0.2, 0.25) is 0 Å². The van der Waals surface area contributed by atoms with E-state index < -0.39 is 17.7 Å². The van der Waals surface area contributed by atoms with Crippen molar-refractivity contribution in [1.82, 2.24) is 10.2 Å². The lowest BCUT2D eigenvalue weighted by atomic mass is 10.0. The number of benzene rings is 1. The van der Waals surface area contributed by atoms with Gasteiger partial charge in [0.1, 0.15) is 11.6 Å².